The lowest BCUT2D eigenvalue weighted by Crippen LogP contribution is -2.64. The molecule has 4 aliphatic rings. The Morgan fingerprint density at radius 2 is 1.24 bits per heavy atom. The van der Waals surface area contributed by atoms with Crippen LogP contribution >= 0.6 is 0 Å². The lowest BCUT2D eigenvalue weighted by Gasteiger charge is -2.47. The first kappa shape index (κ1) is 30.2. The lowest BCUT2D eigenvalue weighted by atomic mass is 9.85. The molecule has 50 heavy (non-hydrogen) atoms. The molecule has 4 aliphatic heterocycles. The average molecular weight is 669 g/mol. The van der Waals surface area contributed by atoms with E-state index in [1.807, 2.05) is 58.3 Å². The summed E-state index contributed by atoms with van der Waals surface area (Å²) < 4.78 is 24.2. The summed E-state index contributed by atoms with van der Waals surface area (Å²) in [5.41, 5.74) is 7.48. The highest BCUT2D eigenvalue weighted by Crippen LogP contribution is 2.54. The Morgan fingerprint density at radius 1 is 0.620 bits per heavy atom. The van der Waals surface area contributed by atoms with E-state index in [4.69, 9.17) is 18.9 Å². The summed E-state index contributed by atoms with van der Waals surface area (Å²) in [5, 5.41) is 5.03. The Labute approximate surface area is 289 Å². The van der Waals surface area contributed by atoms with E-state index in [0.717, 1.165) is 55.3 Å². The average Bonchev–Trinajstić information content (AvgIpc) is 3.30. The second kappa shape index (κ2) is 11.3. The largest absolute Gasteiger partial charge is 0.496 e. The van der Waals surface area contributed by atoms with Gasteiger partial charge >= 0.3 is 12.1 Å². The Morgan fingerprint density at radius 3 is 1.92 bits per heavy atom. The molecule has 0 aliphatic carbocycles. The van der Waals surface area contributed by atoms with Crippen molar-refractivity contribution in [2.75, 3.05) is 28.4 Å². The van der Waals surface area contributed by atoms with Gasteiger partial charge in [-0.25, -0.2) is 9.59 Å². The van der Waals surface area contributed by atoms with Crippen LogP contribution in [0.25, 0.3) is 33.0 Å². The molecule has 10 nitrogen and oxygen atoms in total. The molecule has 2 fully saturated rings. The van der Waals surface area contributed by atoms with Crippen LogP contribution in [-0.2, 0) is 19.6 Å². The van der Waals surface area contributed by atoms with Gasteiger partial charge in [-0.2, -0.15) is 0 Å². The zero-order valence-corrected chi connectivity index (χ0v) is 28.2. The smallest absolute Gasteiger partial charge is 0.322 e. The summed E-state index contributed by atoms with van der Waals surface area (Å²) >= 11 is 0. The molecule has 5 aromatic rings. The van der Waals surface area contributed by atoms with Gasteiger partial charge in [-0.05, 0) is 34.9 Å². The van der Waals surface area contributed by atoms with Crippen LogP contribution in [0.4, 0.5) is 9.59 Å². The third kappa shape index (κ3) is 4.08. The van der Waals surface area contributed by atoms with Gasteiger partial charge in [0, 0.05) is 38.6 Å². The molecule has 0 radical (unpaired) electrons. The molecule has 0 saturated carbocycles. The summed E-state index contributed by atoms with van der Waals surface area (Å²) in [6, 6.07) is 27.2. The van der Waals surface area contributed by atoms with Crippen molar-refractivity contribution in [1.82, 2.24) is 20.0 Å². The van der Waals surface area contributed by atoms with Crippen molar-refractivity contribution in [1.29, 1.82) is 0 Å². The van der Waals surface area contributed by atoms with Crippen LogP contribution in [0.5, 0.6) is 23.0 Å². The summed E-state index contributed by atoms with van der Waals surface area (Å²) in [6.45, 7) is 0.789. The standard InChI is InChI=1S/C40H36N4O6/c1-47-29-17-18-30(48-2)32-28(29)21-42-35-34(32)41-39(45)43-19-27-26(20-44(38(35)43)40(42)46)36(49-3)25-16-15-24(22-11-7-5-8-12-22)31(33(25)37(27)50-4)23-13-9-6-10-14-23/h5-18,34-35,38H,19-21H2,1-4H3,(H,41,45). The highest BCUT2D eigenvalue weighted by molar-refractivity contribution is 6.10. The molecule has 10 heteroatoms. The van der Waals surface area contributed by atoms with Gasteiger partial charge in [0.25, 0.3) is 0 Å². The second-order valence-corrected chi connectivity index (χ2v) is 13.0. The van der Waals surface area contributed by atoms with Crippen LogP contribution in [0.15, 0.2) is 84.9 Å². The van der Waals surface area contributed by atoms with Crippen LogP contribution in [0.2, 0.25) is 0 Å². The minimum Gasteiger partial charge on any atom is -0.496 e. The number of methoxy groups -OCH3 is 4. The first-order chi connectivity index (χ1) is 24.5. The van der Waals surface area contributed by atoms with Gasteiger partial charge in [-0.15, -0.1) is 0 Å². The van der Waals surface area contributed by atoms with E-state index in [2.05, 4.69) is 41.7 Å². The summed E-state index contributed by atoms with van der Waals surface area (Å²) in [6.07, 6.45) is -0.538. The zero-order valence-electron chi connectivity index (χ0n) is 28.2. The first-order valence-corrected chi connectivity index (χ1v) is 16.7. The van der Waals surface area contributed by atoms with Crippen molar-refractivity contribution in [3.63, 3.8) is 0 Å². The number of ether oxygens (including phenoxy) is 4. The molecule has 2 saturated heterocycles. The molecule has 252 valence electrons. The molecular formula is C40H36N4O6. The number of nitrogens with zero attached hydrogens (tertiary/aromatic N) is 3. The maximum absolute atomic E-state index is 14.5. The highest BCUT2D eigenvalue weighted by atomic mass is 16.5. The fourth-order valence-corrected chi connectivity index (χ4v) is 8.80. The van der Waals surface area contributed by atoms with E-state index in [-0.39, 0.29) is 31.2 Å². The predicted molar refractivity (Wildman–Crippen MR) is 188 cm³/mol. The van der Waals surface area contributed by atoms with Crippen molar-refractivity contribution < 1.29 is 28.5 Å². The molecule has 4 amide bonds. The summed E-state index contributed by atoms with van der Waals surface area (Å²) in [7, 11) is 6.58. The second-order valence-electron chi connectivity index (χ2n) is 13.0. The Kier molecular flexibility index (Phi) is 6.84. The zero-order chi connectivity index (χ0) is 34.3. The fourth-order valence-electron chi connectivity index (χ4n) is 8.80. The molecule has 4 heterocycles. The van der Waals surface area contributed by atoms with Gasteiger partial charge in [0.15, 0.2) is 0 Å². The van der Waals surface area contributed by atoms with Gasteiger partial charge in [0.2, 0.25) is 0 Å². The molecule has 0 aromatic heterocycles. The number of benzene rings is 5. The first-order valence-electron chi connectivity index (χ1n) is 16.7. The Bertz CT molecular complexity index is 2210. The Balaban J connectivity index is 1.28. The van der Waals surface area contributed by atoms with Gasteiger partial charge in [0.05, 0.1) is 60.2 Å². The van der Waals surface area contributed by atoms with Crippen molar-refractivity contribution in [3.8, 4) is 45.3 Å². The topological polar surface area (TPSA) is 92.8 Å². The number of urea groups is 2. The number of carbonyl (C=O) groups excluding carboxylic acids is 2. The third-order valence-corrected chi connectivity index (χ3v) is 10.8. The fraction of sp³-hybridized carbons (Fsp3) is 0.250. The minimum absolute atomic E-state index is 0.152. The van der Waals surface area contributed by atoms with Crippen LogP contribution in [0, 0.1) is 0 Å². The maximum Gasteiger partial charge on any atom is 0.322 e. The van der Waals surface area contributed by atoms with Crippen molar-refractivity contribution >= 4 is 22.8 Å². The molecule has 5 aromatic carbocycles. The number of hydrogen-bond donors (Lipinski definition) is 1. The van der Waals surface area contributed by atoms with E-state index >= 15 is 0 Å². The van der Waals surface area contributed by atoms with Gasteiger partial charge < -0.3 is 29.2 Å². The van der Waals surface area contributed by atoms with Gasteiger partial charge in [0.1, 0.15) is 29.2 Å². The van der Waals surface area contributed by atoms with Gasteiger partial charge in [-0.1, -0.05) is 66.7 Å². The van der Waals surface area contributed by atoms with Crippen LogP contribution in [-0.4, -0.2) is 67.4 Å². The predicted octanol–water partition coefficient (Wildman–Crippen LogP) is 6.93. The van der Waals surface area contributed by atoms with Crippen molar-refractivity contribution in [2.45, 2.75) is 37.9 Å². The van der Waals surface area contributed by atoms with Crippen molar-refractivity contribution in [3.05, 3.63) is 107 Å². The summed E-state index contributed by atoms with van der Waals surface area (Å²) in [5.74, 6) is 2.62. The van der Waals surface area contributed by atoms with Crippen LogP contribution in [0.1, 0.15) is 28.3 Å². The molecule has 0 bridgehead atoms. The Hall–Kier alpha value is -5.90. The minimum atomic E-state index is -0.538. The number of rotatable bonds is 6. The molecule has 3 unspecified atom stereocenters. The summed E-state index contributed by atoms with van der Waals surface area (Å²) in [4.78, 5) is 34.3. The number of carbonyl (C=O) groups is 2. The number of amides is 4. The number of fused-ring (bicyclic) bond motifs is 4. The van der Waals surface area contributed by atoms with E-state index in [0.29, 0.717) is 29.5 Å². The number of nitrogens with one attached hydrogen (secondary N) is 1. The molecule has 3 atom stereocenters. The van der Waals surface area contributed by atoms with E-state index in [1.165, 1.54) is 0 Å². The monoisotopic (exact) mass is 668 g/mol. The third-order valence-electron chi connectivity index (χ3n) is 10.8. The van der Waals surface area contributed by atoms with Crippen molar-refractivity contribution in [2.24, 2.45) is 0 Å². The highest BCUT2D eigenvalue weighted by Gasteiger charge is 2.60. The molecule has 9 rings (SSSR count). The number of hydrogen-bond acceptors (Lipinski definition) is 6. The maximum atomic E-state index is 14.5. The molecule has 0 spiro atoms. The van der Waals surface area contributed by atoms with Crippen LogP contribution in [0.3, 0.4) is 0 Å². The quantitative estimate of drug-likeness (QED) is 0.211. The van der Waals surface area contributed by atoms with Gasteiger partial charge in [-0.3, -0.25) is 9.80 Å². The van der Waals surface area contributed by atoms with E-state index in [9.17, 15) is 9.59 Å². The van der Waals surface area contributed by atoms with Crippen LogP contribution < -0.4 is 24.3 Å². The normalized spacial score (nSPS) is 20.1. The van der Waals surface area contributed by atoms with E-state index in [1.54, 1.807) is 33.3 Å². The molecular weight excluding hydrogens is 632 g/mol. The molecule has 1 N–H and O–H groups in total. The lowest BCUT2D eigenvalue weighted by molar-refractivity contribution is 0.0436. The SMILES string of the molecule is COc1ccc(OC)c2c1CN1C(=O)N3Cc4c(c(OC)c5c(-c6ccccc6)c(-c6ccccc6)ccc5c4OC)CN4C(=O)NC2C1C43. The van der Waals surface area contributed by atoms with E-state index < -0.39 is 12.2 Å².